The molecule has 0 radical (unpaired) electrons. The topological polar surface area (TPSA) is 21.3 Å². The molecule has 0 spiro atoms. The summed E-state index contributed by atoms with van der Waals surface area (Å²) in [7, 11) is 1.67. The second-order valence-electron chi connectivity index (χ2n) is 4.73. The van der Waals surface area contributed by atoms with Gasteiger partial charge in [-0.1, -0.05) is 28.1 Å². The van der Waals surface area contributed by atoms with Crippen LogP contribution in [-0.2, 0) is 6.42 Å². The van der Waals surface area contributed by atoms with Crippen molar-refractivity contribution in [3.05, 3.63) is 57.0 Å². The number of nitrogens with one attached hydrogen (secondary N) is 1. The predicted octanol–water partition coefficient (Wildman–Crippen LogP) is 5.26. The van der Waals surface area contributed by atoms with Gasteiger partial charge in [-0.25, -0.2) is 0 Å². The molecule has 0 amide bonds. The van der Waals surface area contributed by atoms with E-state index in [1.807, 2.05) is 18.2 Å². The molecule has 0 saturated carbocycles. The summed E-state index contributed by atoms with van der Waals surface area (Å²) in [6, 6.07) is 14.8. The van der Waals surface area contributed by atoms with Crippen LogP contribution < -0.4 is 10.1 Å². The van der Waals surface area contributed by atoms with Crippen molar-refractivity contribution < 1.29 is 4.74 Å². The van der Waals surface area contributed by atoms with Gasteiger partial charge in [-0.2, -0.15) is 0 Å². The Morgan fingerprint density at radius 2 is 1.80 bits per heavy atom. The number of rotatable bonds is 5. The van der Waals surface area contributed by atoms with E-state index < -0.39 is 0 Å². The van der Waals surface area contributed by atoms with E-state index in [0.717, 1.165) is 26.8 Å². The molecule has 1 N–H and O–H groups in total. The summed E-state index contributed by atoms with van der Waals surface area (Å²) >= 11 is 6.96. The van der Waals surface area contributed by atoms with Crippen LogP contribution in [0, 0.1) is 0 Å². The Morgan fingerprint density at radius 1 is 1.10 bits per heavy atom. The van der Waals surface area contributed by atoms with Crippen molar-refractivity contribution in [1.29, 1.82) is 0 Å². The predicted molar refractivity (Wildman–Crippen MR) is 91.6 cm³/mol. The minimum absolute atomic E-state index is 0.358. The van der Waals surface area contributed by atoms with E-state index >= 15 is 0 Å². The number of hydrogen-bond acceptors (Lipinski definition) is 2. The zero-order valence-corrected chi connectivity index (χ0v) is 14.7. The third-order valence-electron chi connectivity index (χ3n) is 3.02. The lowest BCUT2D eigenvalue weighted by atomic mass is 10.1. The third kappa shape index (κ3) is 4.25. The first-order valence-electron chi connectivity index (χ1n) is 6.43. The molecule has 0 aliphatic heterocycles. The molecule has 0 heterocycles. The molecule has 1 unspecified atom stereocenters. The second-order valence-corrected chi connectivity index (χ2v) is 6.50. The first-order chi connectivity index (χ1) is 9.58. The molecule has 106 valence electrons. The summed E-state index contributed by atoms with van der Waals surface area (Å²) in [5.74, 6) is 0.844. The fraction of sp³-hybridized carbons (Fsp3) is 0.250. The van der Waals surface area contributed by atoms with Crippen molar-refractivity contribution >= 4 is 37.5 Å². The minimum atomic E-state index is 0.358. The molecule has 2 aromatic carbocycles. The zero-order valence-electron chi connectivity index (χ0n) is 11.5. The summed E-state index contributed by atoms with van der Waals surface area (Å²) in [5, 5.41) is 3.50. The first kappa shape index (κ1) is 15.4. The second kappa shape index (κ2) is 7.14. The van der Waals surface area contributed by atoms with Gasteiger partial charge >= 0.3 is 0 Å². The van der Waals surface area contributed by atoms with Crippen LogP contribution in [0.15, 0.2) is 51.4 Å². The largest absolute Gasteiger partial charge is 0.496 e. The number of hydrogen-bond donors (Lipinski definition) is 1. The fourth-order valence-corrected chi connectivity index (χ4v) is 2.87. The lowest BCUT2D eigenvalue weighted by molar-refractivity contribution is 0.412. The van der Waals surface area contributed by atoms with Crippen molar-refractivity contribution in [2.45, 2.75) is 19.4 Å². The molecule has 1 atom stereocenters. The highest BCUT2D eigenvalue weighted by Gasteiger charge is 2.06. The first-order valence-corrected chi connectivity index (χ1v) is 8.01. The molecule has 20 heavy (non-hydrogen) atoms. The number of anilines is 1. The highest BCUT2D eigenvalue weighted by molar-refractivity contribution is 9.10. The normalized spacial score (nSPS) is 12.0. The Kier molecular flexibility index (Phi) is 5.49. The van der Waals surface area contributed by atoms with Gasteiger partial charge in [0.05, 0.1) is 11.6 Å². The molecule has 2 rings (SSSR count). The molecule has 2 nitrogen and oxygen atoms in total. The molecule has 4 heteroatoms. The minimum Gasteiger partial charge on any atom is -0.496 e. The van der Waals surface area contributed by atoms with Gasteiger partial charge in [0, 0.05) is 16.2 Å². The Morgan fingerprint density at radius 3 is 2.40 bits per heavy atom. The number of methoxy groups -OCH3 is 1. The molecule has 0 saturated heterocycles. The Bertz CT molecular complexity index is 569. The quantitative estimate of drug-likeness (QED) is 0.741. The Balaban J connectivity index is 1.99. The maximum atomic E-state index is 5.23. The smallest absolute Gasteiger partial charge is 0.133 e. The third-order valence-corrected chi connectivity index (χ3v) is 4.17. The van der Waals surface area contributed by atoms with Crippen molar-refractivity contribution in [2.24, 2.45) is 0 Å². The van der Waals surface area contributed by atoms with Crippen molar-refractivity contribution in [3.63, 3.8) is 0 Å². The Labute approximate surface area is 136 Å². The van der Waals surface area contributed by atoms with Crippen LogP contribution in [0.3, 0.4) is 0 Å². The lowest BCUT2D eigenvalue weighted by Gasteiger charge is -2.16. The van der Waals surface area contributed by atoms with Crippen LogP contribution in [0.4, 0.5) is 5.69 Å². The van der Waals surface area contributed by atoms with Crippen LogP contribution in [0.1, 0.15) is 12.5 Å². The molecule has 0 bridgehead atoms. The summed E-state index contributed by atoms with van der Waals surface area (Å²) in [6.07, 6.45) is 0.983. The van der Waals surface area contributed by atoms with Crippen LogP contribution in [0.2, 0.25) is 0 Å². The Hall–Kier alpha value is -1.000. The molecular weight excluding hydrogens is 382 g/mol. The summed E-state index contributed by atoms with van der Waals surface area (Å²) in [4.78, 5) is 0. The van der Waals surface area contributed by atoms with Gasteiger partial charge in [0.1, 0.15) is 5.75 Å². The van der Waals surface area contributed by atoms with Gasteiger partial charge in [-0.05, 0) is 65.2 Å². The number of benzene rings is 2. The van der Waals surface area contributed by atoms with E-state index in [4.69, 9.17) is 4.74 Å². The van der Waals surface area contributed by atoms with E-state index in [9.17, 15) is 0 Å². The van der Waals surface area contributed by atoms with Gasteiger partial charge in [-0.3, -0.25) is 0 Å². The van der Waals surface area contributed by atoms with Crippen LogP contribution >= 0.6 is 31.9 Å². The number of ether oxygens (including phenoxy) is 1. The zero-order chi connectivity index (χ0) is 14.5. The van der Waals surface area contributed by atoms with Gasteiger partial charge in [0.15, 0.2) is 0 Å². The average molecular weight is 399 g/mol. The summed E-state index contributed by atoms with van der Waals surface area (Å²) in [6.45, 7) is 2.18. The standard InChI is InChI=1S/C16H17Br2NO/c1-11(9-12-3-5-13(17)6-4-12)19-14-7-8-16(20-2)15(18)10-14/h3-8,10-11,19H,9H2,1-2H3. The highest BCUT2D eigenvalue weighted by Crippen LogP contribution is 2.28. The average Bonchev–Trinajstić information content (AvgIpc) is 2.41. The van der Waals surface area contributed by atoms with E-state index in [2.05, 4.69) is 68.4 Å². The maximum absolute atomic E-state index is 5.23. The molecule has 0 fully saturated rings. The van der Waals surface area contributed by atoms with Gasteiger partial charge in [0.2, 0.25) is 0 Å². The maximum Gasteiger partial charge on any atom is 0.133 e. The molecule has 0 aromatic heterocycles. The van der Waals surface area contributed by atoms with Gasteiger partial charge in [-0.15, -0.1) is 0 Å². The van der Waals surface area contributed by atoms with Crippen LogP contribution in [0.5, 0.6) is 5.75 Å². The monoisotopic (exact) mass is 397 g/mol. The van der Waals surface area contributed by atoms with Crippen molar-refractivity contribution in [2.75, 3.05) is 12.4 Å². The lowest BCUT2D eigenvalue weighted by Crippen LogP contribution is -2.18. The molecule has 2 aromatic rings. The van der Waals surface area contributed by atoms with Crippen molar-refractivity contribution in [1.82, 2.24) is 0 Å². The van der Waals surface area contributed by atoms with E-state index in [0.29, 0.717) is 6.04 Å². The van der Waals surface area contributed by atoms with Gasteiger partial charge < -0.3 is 10.1 Å². The summed E-state index contributed by atoms with van der Waals surface area (Å²) in [5.41, 5.74) is 2.41. The molecule has 0 aliphatic rings. The van der Waals surface area contributed by atoms with Crippen molar-refractivity contribution in [3.8, 4) is 5.75 Å². The molecular formula is C16H17Br2NO. The summed E-state index contributed by atoms with van der Waals surface area (Å²) < 4.78 is 7.30. The van der Waals surface area contributed by atoms with E-state index in [1.165, 1.54) is 5.56 Å². The van der Waals surface area contributed by atoms with Crippen LogP contribution in [-0.4, -0.2) is 13.2 Å². The molecule has 0 aliphatic carbocycles. The van der Waals surface area contributed by atoms with Crippen LogP contribution in [0.25, 0.3) is 0 Å². The van der Waals surface area contributed by atoms with E-state index in [-0.39, 0.29) is 0 Å². The fourth-order valence-electron chi connectivity index (χ4n) is 2.07. The highest BCUT2D eigenvalue weighted by atomic mass is 79.9. The van der Waals surface area contributed by atoms with Gasteiger partial charge in [0.25, 0.3) is 0 Å². The number of halogens is 2. The SMILES string of the molecule is COc1ccc(NC(C)Cc2ccc(Br)cc2)cc1Br. The van der Waals surface area contributed by atoms with E-state index in [1.54, 1.807) is 7.11 Å².